The summed E-state index contributed by atoms with van der Waals surface area (Å²) in [5.41, 5.74) is 2.40. The second-order valence-electron chi connectivity index (χ2n) is 7.89. The Kier molecular flexibility index (Phi) is 6.09. The van der Waals surface area contributed by atoms with E-state index in [1.807, 2.05) is 5.38 Å². The largest absolute Gasteiger partial charge is 0.507 e. The van der Waals surface area contributed by atoms with Crippen molar-refractivity contribution in [1.29, 1.82) is 0 Å². The van der Waals surface area contributed by atoms with Crippen LogP contribution in [0.3, 0.4) is 0 Å². The van der Waals surface area contributed by atoms with Crippen LogP contribution in [-0.2, 0) is 20.9 Å². The maximum absolute atomic E-state index is 12.4. The molecule has 33 heavy (non-hydrogen) atoms. The zero-order chi connectivity index (χ0) is 23.9. The predicted molar refractivity (Wildman–Crippen MR) is 120 cm³/mol. The molecule has 4 rings (SSSR count). The number of carbonyl (C=O) groups is 2. The van der Waals surface area contributed by atoms with Gasteiger partial charge < -0.3 is 24.8 Å². The van der Waals surface area contributed by atoms with E-state index >= 15 is 0 Å². The van der Waals surface area contributed by atoms with Crippen LogP contribution < -0.4 is 0 Å². The number of aryl methyl sites for hydroxylation is 1. The number of fused-ring (bicyclic) bond motifs is 1. The van der Waals surface area contributed by atoms with Gasteiger partial charge in [0.1, 0.15) is 23.4 Å². The van der Waals surface area contributed by atoms with Crippen molar-refractivity contribution in [2.75, 3.05) is 7.11 Å². The summed E-state index contributed by atoms with van der Waals surface area (Å²) >= 11 is 1.40. The first kappa shape index (κ1) is 22.8. The van der Waals surface area contributed by atoms with E-state index in [0.29, 0.717) is 22.4 Å². The van der Waals surface area contributed by atoms with E-state index in [2.05, 4.69) is 4.98 Å². The van der Waals surface area contributed by atoms with Crippen molar-refractivity contribution >= 4 is 23.1 Å². The Hall–Kier alpha value is -3.43. The molecule has 0 amide bonds. The summed E-state index contributed by atoms with van der Waals surface area (Å²) in [6.07, 6.45) is 0.548. The van der Waals surface area contributed by atoms with Gasteiger partial charge in [0.25, 0.3) is 0 Å². The third kappa shape index (κ3) is 3.94. The normalized spacial score (nSPS) is 15.8. The van der Waals surface area contributed by atoms with Crippen molar-refractivity contribution in [2.45, 2.75) is 38.9 Å². The van der Waals surface area contributed by atoms with Crippen LogP contribution in [0.2, 0.25) is 0 Å². The molecule has 2 atom stereocenters. The van der Waals surface area contributed by atoms with Crippen LogP contribution in [0.15, 0.2) is 29.1 Å². The number of nitrogens with zero attached hydrogens (tertiary/aromatic N) is 1. The molecule has 8 nitrogen and oxygen atoms in total. The number of pyridine rings is 1. The molecule has 0 aliphatic carbocycles. The van der Waals surface area contributed by atoms with Crippen molar-refractivity contribution < 1.29 is 34.4 Å². The number of methoxy groups -OCH3 is 1. The molecule has 3 heterocycles. The van der Waals surface area contributed by atoms with Gasteiger partial charge in [0.15, 0.2) is 5.78 Å². The van der Waals surface area contributed by atoms with E-state index in [-0.39, 0.29) is 41.2 Å². The summed E-state index contributed by atoms with van der Waals surface area (Å²) in [5, 5.41) is 36.7. The number of ketones is 1. The quantitative estimate of drug-likeness (QED) is 0.364. The fourth-order valence-corrected chi connectivity index (χ4v) is 4.89. The summed E-state index contributed by atoms with van der Waals surface area (Å²) in [7, 11) is 1.26. The van der Waals surface area contributed by atoms with Gasteiger partial charge in [-0.25, -0.2) is 0 Å². The minimum atomic E-state index is -0.889. The van der Waals surface area contributed by atoms with Crippen LogP contribution in [0, 0.1) is 6.92 Å². The number of hydrogen-bond acceptors (Lipinski definition) is 9. The number of carbonyl (C=O) groups excluding carboxylic acids is 2. The van der Waals surface area contributed by atoms with E-state index < -0.39 is 29.5 Å². The van der Waals surface area contributed by atoms with Gasteiger partial charge in [-0.15, -0.1) is 0 Å². The fourth-order valence-electron chi connectivity index (χ4n) is 4.17. The van der Waals surface area contributed by atoms with Crippen molar-refractivity contribution in [3.63, 3.8) is 0 Å². The molecule has 0 radical (unpaired) electrons. The molecule has 0 unspecified atom stereocenters. The molecule has 1 aliphatic heterocycles. The highest BCUT2D eigenvalue weighted by Gasteiger charge is 2.36. The molecule has 3 N–H and O–H groups in total. The number of aromatic hydroxyl groups is 3. The molecule has 0 fully saturated rings. The zero-order valence-electron chi connectivity index (χ0n) is 18.3. The minimum Gasteiger partial charge on any atom is -0.507 e. The van der Waals surface area contributed by atoms with Crippen molar-refractivity contribution in [3.05, 3.63) is 68.2 Å². The number of phenolic OH excluding ortho intramolecular Hbond substituents is 2. The zero-order valence-corrected chi connectivity index (χ0v) is 19.1. The summed E-state index contributed by atoms with van der Waals surface area (Å²) in [6.45, 7) is 3.10. The van der Waals surface area contributed by atoms with Crippen LogP contribution in [0.25, 0.3) is 0 Å². The molecule has 2 aromatic heterocycles. The Morgan fingerprint density at radius 3 is 2.67 bits per heavy atom. The van der Waals surface area contributed by atoms with Gasteiger partial charge in [-0.3, -0.25) is 14.6 Å². The van der Waals surface area contributed by atoms with Gasteiger partial charge in [0, 0.05) is 34.4 Å². The number of phenols is 2. The van der Waals surface area contributed by atoms with E-state index in [1.165, 1.54) is 31.4 Å². The molecular formula is C24H23NO7S. The van der Waals surface area contributed by atoms with Crippen molar-refractivity contribution in [1.82, 2.24) is 4.98 Å². The van der Waals surface area contributed by atoms with Gasteiger partial charge in [0.05, 0.1) is 31.4 Å². The van der Waals surface area contributed by atoms with Gasteiger partial charge in [-0.1, -0.05) is 0 Å². The molecule has 9 heteroatoms. The van der Waals surface area contributed by atoms with Gasteiger partial charge in [-0.2, -0.15) is 11.3 Å². The van der Waals surface area contributed by atoms with Crippen LogP contribution >= 0.6 is 11.3 Å². The van der Waals surface area contributed by atoms with Crippen LogP contribution in [0.5, 0.6) is 17.2 Å². The van der Waals surface area contributed by atoms with E-state index in [0.717, 1.165) is 0 Å². The Labute approximate surface area is 194 Å². The first-order valence-electron chi connectivity index (χ1n) is 10.2. The Bertz CT molecular complexity index is 1240. The third-order valence-corrected chi connectivity index (χ3v) is 6.62. The summed E-state index contributed by atoms with van der Waals surface area (Å²) in [6, 6.07) is 3.15. The molecule has 0 saturated carbocycles. The number of benzene rings is 1. The second kappa shape index (κ2) is 8.84. The van der Waals surface area contributed by atoms with Crippen molar-refractivity contribution in [3.8, 4) is 17.2 Å². The Balaban J connectivity index is 1.96. The van der Waals surface area contributed by atoms with Crippen LogP contribution in [0.1, 0.15) is 69.2 Å². The van der Waals surface area contributed by atoms with E-state index in [9.17, 15) is 24.9 Å². The molecular weight excluding hydrogens is 446 g/mol. The van der Waals surface area contributed by atoms with Gasteiger partial charge >= 0.3 is 5.97 Å². The molecule has 3 aromatic rings. The average molecular weight is 470 g/mol. The maximum Gasteiger partial charge on any atom is 0.306 e. The highest BCUT2D eigenvalue weighted by molar-refractivity contribution is 7.08. The summed E-state index contributed by atoms with van der Waals surface area (Å²) in [5.74, 6) is -2.51. The second-order valence-corrected chi connectivity index (χ2v) is 8.67. The van der Waals surface area contributed by atoms with Crippen LogP contribution in [-0.4, -0.2) is 39.2 Å². The number of Topliss-reactive ketones (excluding diaryl/α,β-unsaturated/α-hetero) is 1. The number of ether oxygens (including phenoxy) is 2. The Morgan fingerprint density at radius 1 is 1.27 bits per heavy atom. The molecule has 0 saturated heterocycles. The lowest BCUT2D eigenvalue weighted by atomic mass is 9.84. The van der Waals surface area contributed by atoms with Gasteiger partial charge in [-0.05, 0) is 42.3 Å². The predicted octanol–water partition coefficient (Wildman–Crippen LogP) is 4.09. The number of rotatable bonds is 6. The lowest BCUT2D eigenvalue weighted by Gasteiger charge is -2.24. The van der Waals surface area contributed by atoms with Gasteiger partial charge in [0.2, 0.25) is 0 Å². The standard InChI is InChI=1S/C24H23NO7S/c1-11-21(28)19-14(8-25-11)9-32-24(19)17-6-15(12(2)26)22(29)20(23(17)30)16(7-18(27)31-3)13-4-5-33-10-13/h4-6,8,10,16,24,28-30H,7,9H2,1-3H3/t16-,24+/m0/s1. The number of aromatic nitrogens is 1. The lowest BCUT2D eigenvalue weighted by Crippen LogP contribution is -2.13. The lowest BCUT2D eigenvalue weighted by molar-refractivity contribution is -0.140. The fraction of sp³-hybridized carbons (Fsp3) is 0.292. The van der Waals surface area contributed by atoms with E-state index in [1.54, 1.807) is 24.6 Å². The van der Waals surface area contributed by atoms with Crippen LogP contribution in [0.4, 0.5) is 0 Å². The molecule has 0 bridgehead atoms. The maximum atomic E-state index is 12.4. The number of esters is 1. The number of thiophene rings is 1. The monoisotopic (exact) mass is 469 g/mol. The highest BCUT2D eigenvalue weighted by atomic mass is 32.1. The average Bonchev–Trinajstić information content (AvgIpc) is 3.46. The molecule has 1 aromatic carbocycles. The molecule has 0 spiro atoms. The summed E-state index contributed by atoms with van der Waals surface area (Å²) < 4.78 is 10.7. The topological polar surface area (TPSA) is 126 Å². The van der Waals surface area contributed by atoms with E-state index in [4.69, 9.17) is 9.47 Å². The highest BCUT2D eigenvalue weighted by Crippen LogP contribution is 2.50. The smallest absolute Gasteiger partial charge is 0.306 e. The SMILES string of the molecule is COC(=O)C[C@@H](c1ccsc1)c1c(O)c(C(C)=O)cc([C@H]2OCc3cnc(C)c(O)c32)c1O. The van der Waals surface area contributed by atoms with Crippen molar-refractivity contribution in [2.24, 2.45) is 0 Å². The first-order chi connectivity index (χ1) is 15.7. The molecule has 172 valence electrons. The number of hydrogen-bond donors (Lipinski definition) is 3. The first-order valence-corrected chi connectivity index (χ1v) is 11.2. The third-order valence-electron chi connectivity index (χ3n) is 5.92. The Morgan fingerprint density at radius 2 is 2.03 bits per heavy atom. The molecule has 1 aliphatic rings. The summed E-state index contributed by atoms with van der Waals surface area (Å²) in [4.78, 5) is 28.8. The minimum absolute atomic E-state index is 0.0230.